The highest BCUT2D eigenvalue weighted by Crippen LogP contribution is 2.29. The maximum atomic E-state index is 6.04. The lowest BCUT2D eigenvalue weighted by atomic mass is 10.1. The first-order valence-corrected chi connectivity index (χ1v) is 7.58. The van der Waals surface area contributed by atoms with Crippen LogP contribution in [0.25, 0.3) is 27.1 Å². The Morgan fingerprint density at radius 1 is 1.25 bits per heavy atom. The van der Waals surface area contributed by atoms with Crippen LogP contribution in [0.15, 0.2) is 41.4 Å². The van der Waals surface area contributed by atoms with E-state index < -0.39 is 0 Å². The molecule has 0 atom stereocenters. The lowest BCUT2D eigenvalue weighted by molar-refractivity contribution is -0.664. The fourth-order valence-corrected chi connectivity index (χ4v) is 3.88. The van der Waals surface area contributed by atoms with Crippen molar-refractivity contribution >= 4 is 50.0 Å². The first kappa shape index (κ1) is 15.3. The molecule has 0 fully saturated rings. The lowest BCUT2D eigenvalue weighted by Gasteiger charge is -1.97. The van der Waals surface area contributed by atoms with Crippen LogP contribution in [0.2, 0.25) is 0 Å². The molecule has 0 unspecified atom stereocenters. The van der Waals surface area contributed by atoms with Crippen molar-refractivity contribution in [3.05, 3.63) is 46.4 Å². The van der Waals surface area contributed by atoms with Crippen LogP contribution in [0, 0.1) is 0 Å². The van der Waals surface area contributed by atoms with Gasteiger partial charge >= 0.3 is 0 Å². The molecule has 0 spiro atoms. The van der Waals surface area contributed by atoms with Crippen molar-refractivity contribution in [3.8, 4) is 0 Å². The van der Waals surface area contributed by atoms with Crippen LogP contribution in [0.4, 0.5) is 0 Å². The molecule has 0 saturated carbocycles. The molecule has 0 saturated heterocycles. The van der Waals surface area contributed by atoms with Gasteiger partial charge in [-0.05, 0) is 31.4 Å². The van der Waals surface area contributed by atoms with Gasteiger partial charge in [-0.3, -0.25) is 0 Å². The molecule has 0 aliphatic rings. The Labute approximate surface area is 133 Å². The molecular formula is C16H15Cl2NS. The molecule has 3 rings (SSSR count). The highest BCUT2D eigenvalue weighted by atomic mass is 35.5. The summed E-state index contributed by atoms with van der Waals surface area (Å²) in [6.07, 6.45) is 2.05. The standard InChI is InChI=1S/C16H15ClNS.ClH/c1-3-18-15(10-11(2)17)19-14-9-8-12-6-4-5-7-13(12)16(14)18;/h4-10H,3H2,1-2H3;1H/q+1;/p-1/b11-10-;. The summed E-state index contributed by atoms with van der Waals surface area (Å²) in [5.74, 6) is 0. The van der Waals surface area contributed by atoms with E-state index in [2.05, 4.69) is 47.9 Å². The van der Waals surface area contributed by atoms with Crippen molar-refractivity contribution in [2.45, 2.75) is 20.4 Å². The van der Waals surface area contributed by atoms with E-state index in [0.29, 0.717) is 0 Å². The van der Waals surface area contributed by atoms with E-state index in [1.165, 1.54) is 26.0 Å². The fraction of sp³-hybridized carbons (Fsp3) is 0.188. The monoisotopic (exact) mass is 323 g/mol. The second kappa shape index (κ2) is 6.13. The van der Waals surface area contributed by atoms with Crippen molar-refractivity contribution < 1.29 is 17.0 Å². The third-order valence-electron chi connectivity index (χ3n) is 3.25. The van der Waals surface area contributed by atoms with Gasteiger partial charge in [-0.2, -0.15) is 4.57 Å². The molecule has 0 radical (unpaired) electrons. The molecule has 104 valence electrons. The second-order valence-electron chi connectivity index (χ2n) is 4.55. The fourth-order valence-electron chi connectivity index (χ4n) is 2.47. The van der Waals surface area contributed by atoms with Crippen LogP contribution in [-0.2, 0) is 6.54 Å². The maximum Gasteiger partial charge on any atom is 0.263 e. The van der Waals surface area contributed by atoms with E-state index in [0.717, 1.165) is 11.6 Å². The normalized spacial score (nSPS) is 11.8. The largest absolute Gasteiger partial charge is 1.00 e. The van der Waals surface area contributed by atoms with Crippen LogP contribution < -0.4 is 17.0 Å². The zero-order chi connectivity index (χ0) is 13.4. The van der Waals surface area contributed by atoms with Crippen LogP contribution in [0.5, 0.6) is 0 Å². The van der Waals surface area contributed by atoms with Gasteiger partial charge in [-0.25, -0.2) is 0 Å². The number of hydrogen-bond acceptors (Lipinski definition) is 1. The summed E-state index contributed by atoms with van der Waals surface area (Å²) in [6, 6.07) is 12.9. The zero-order valence-electron chi connectivity index (χ0n) is 11.4. The molecule has 0 aliphatic carbocycles. The molecular weight excluding hydrogens is 309 g/mol. The van der Waals surface area contributed by atoms with Gasteiger partial charge in [0.1, 0.15) is 11.2 Å². The minimum Gasteiger partial charge on any atom is -1.00 e. The van der Waals surface area contributed by atoms with Gasteiger partial charge in [0.25, 0.3) is 5.01 Å². The van der Waals surface area contributed by atoms with Gasteiger partial charge in [0.15, 0.2) is 0 Å². The van der Waals surface area contributed by atoms with Gasteiger partial charge in [0.2, 0.25) is 5.52 Å². The Bertz CT molecular complexity index is 786. The average Bonchev–Trinajstić information content (AvgIpc) is 2.75. The third kappa shape index (κ3) is 2.56. The number of allylic oxidation sites excluding steroid dienone is 1. The molecule has 0 bridgehead atoms. The topological polar surface area (TPSA) is 3.88 Å². The Kier molecular flexibility index (Phi) is 4.69. The van der Waals surface area contributed by atoms with Gasteiger partial charge < -0.3 is 12.4 Å². The summed E-state index contributed by atoms with van der Waals surface area (Å²) in [6.45, 7) is 5.04. The molecule has 0 amide bonds. The first-order chi connectivity index (χ1) is 9.20. The minimum atomic E-state index is 0. The SMILES string of the molecule is CC[n+]1c(/C=C(/C)Cl)sc2ccc3ccccc3c21.[Cl-]. The van der Waals surface area contributed by atoms with E-state index in [1.807, 2.05) is 13.0 Å². The summed E-state index contributed by atoms with van der Waals surface area (Å²) < 4.78 is 3.65. The Morgan fingerprint density at radius 2 is 2.00 bits per heavy atom. The van der Waals surface area contributed by atoms with E-state index in [-0.39, 0.29) is 12.4 Å². The average molecular weight is 324 g/mol. The van der Waals surface area contributed by atoms with E-state index in [1.54, 1.807) is 11.3 Å². The Balaban J connectivity index is 0.00000147. The lowest BCUT2D eigenvalue weighted by Crippen LogP contribution is -3.00. The van der Waals surface area contributed by atoms with Crippen molar-refractivity contribution in [2.75, 3.05) is 0 Å². The number of aryl methyl sites for hydroxylation is 1. The quantitative estimate of drug-likeness (QED) is 0.635. The molecule has 20 heavy (non-hydrogen) atoms. The summed E-state index contributed by atoms with van der Waals surface area (Å²) >= 11 is 7.84. The summed E-state index contributed by atoms with van der Waals surface area (Å²) in [7, 11) is 0. The summed E-state index contributed by atoms with van der Waals surface area (Å²) in [4.78, 5) is 0. The van der Waals surface area contributed by atoms with Crippen molar-refractivity contribution in [2.24, 2.45) is 0 Å². The van der Waals surface area contributed by atoms with Crippen LogP contribution in [0.3, 0.4) is 0 Å². The molecule has 4 heteroatoms. The van der Waals surface area contributed by atoms with Gasteiger partial charge in [0, 0.05) is 11.1 Å². The summed E-state index contributed by atoms with van der Waals surface area (Å²) in [5.41, 5.74) is 1.31. The number of hydrogen-bond donors (Lipinski definition) is 0. The number of benzene rings is 2. The Morgan fingerprint density at radius 3 is 2.70 bits per heavy atom. The molecule has 0 N–H and O–H groups in total. The molecule has 0 aliphatic heterocycles. The molecule has 3 aromatic rings. The molecule has 1 heterocycles. The van der Waals surface area contributed by atoms with Crippen molar-refractivity contribution in [3.63, 3.8) is 0 Å². The van der Waals surface area contributed by atoms with E-state index >= 15 is 0 Å². The molecule has 1 aromatic heterocycles. The number of aromatic nitrogens is 1. The number of halogens is 2. The van der Waals surface area contributed by atoms with Gasteiger partial charge in [-0.1, -0.05) is 47.2 Å². The number of thiazole rings is 1. The van der Waals surface area contributed by atoms with Gasteiger partial charge in [0.05, 0.1) is 5.39 Å². The highest BCUT2D eigenvalue weighted by Gasteiger charge is 2.19. The van der Waals surface area contributed by atoms with Crippen molar-refractivity contribution in [1.82, 2.24) is 0 Å². The predicted octanol–water partition coefficient (Wildman–Crippen LogP) is 1.97. The second-order valence-corrected chi connectivity index (χ2v) is 6.21. The molecule has 2 aromatic carbocycles. The predicted molar refractivity (Wildman–Crippen MR) is 84.7 cm³/mol. The van der Waals surface area contributed by atoms with Crippen molar-refractivity contribution in [1.29, 1.82) is 0 Å². The third-order valence-corrected chi connectivity index (χ3v) is 4.46. The maximum absolute atomic E-state index is 6.04. The Hall–Kier alpha value is -1.09. The first-order valence-electron chi connectivity index (χ1n) is 6.38. The minimum absolute atomic E-state index is 0. The summed E-state index contributed by atoms with van der Waals surface area (Å²) in [5, 5.41) is 4.62. The van der Waals surface area contributed by atoms with Crippen LogP contribution in [-0.4, -0.2) is 0 Å². The zero-order valence-corrected chi connectivity index (χ0v) is 13.7. The van der Waals surface area contributed by atoms with E-state index in [4.69, 9.17) is 11.6 Å². The highest BCUT2D eigenvalue weighted by molar-refractivity contribution is 7.19. The van der Waals surface area contributed by atoms with Crippen LogP contribution >= 0.6 is 22.9 Å². The smallest absolute Gasteiger partial charge is 0.263 e. The molecule has 1 nitrogen and oxygen atoms in total. The number of nitrogens with zero attached hydrogens (tertiary/aromatic N) is 1. The number of rotatable bonds is 2. The number of fused-ring (bicyclic) bond motifs is 3. The van der Waals surface area contributed by atoms with E-state index in [9.17, 15) is 0 Å². The van der Waals surface area contributed by atoms with Crippen LogP contribution in [0.1, 0.15) is 18.9 Å². The van der Waals surface area contributed by atoms with Gasteiger partial charge in [-0.15, -0.1) is 0 Å².